The Bertz CT molecular complexity index is 1760. The molecule has 0 saturated heterocycles. The van der Waals surface area contributed by atoms with E-state index in [1.807, 2.05) is 6.92 Å². The maximum absolute atomic E-state index is 14.0. The fraction of sp³-hybridized carbons (Fsp3) is 0.500. The number of amides is 1. The van der Waals surface area contributed by atoms with Crippen LogP contribution in [0.5, 0.6) is 23.0 Å². The van der Waals surface area contributed by atoms with Crippen molar-refractivity contribution >= 4 is 34.1 Å². The van der Waals surface area contributed by atoms with E-state index in [-0.39, 0.29) is 45.3 Å². The number of aliphatic hydroxyl groups excluding tert-OH is 2. The highest BCUT2D eigenvalue weighted by atomic mass is 16.5. The van der Waals surface area contributed by atoms with E-state index in [9.17, 15) is 39.9 Å². The highest BCUT2D eigenvalue weighted by molar-refractivity contribution is 6.22. The number of methoxy groups -OCH3 is 1. The number of nitrogens with one attached hydrogen (secondary N) is 1. The van der Waals surface area contributed by atoms with E-state index in [4.69, 9.17) is 14.2 Å². The zero-order valence-corrected chi connectivity index (χ0v) is 30.0. The second-order valence-corrected chi connectivity index (χ2v) is 13.9. The van der Waals surface area contributed by atoms with Gasteiger partial charge in [-0.2, -0.15) is 0 Å². The predicted molar refractivity (Wildman–Crippen MR) is 187 cm³/mol. The summed E-state index contributed by atoms with van der Waals surface area (Å²) in [4.78, 5) is 39.4. The Hall–Kier alpha value is -4.39. The molecule has 50 heavy (non-hydrogen) atoms. The molecule has 2 aromatic rings. The number of hydrogen-bond acceptors (Lipinski definition) is 11. The number of aromatic hydroxyl groups is 3. The molecule has 9 atom stereocenters. The number of ketones is 1. The van der Waals surface area contributed by atoms with Gasteiger partial charge < -0.3 is 45.1 Å². The molecule has 0 radical (unpaired) electrons. The Labute approximate surface area is 292 Å². The number of phenolic OH excluding ortho intramolecular Hbond substituents is 3. The topological polar surface area (TPSA) is 192 Å². The van der Waals surface area contributed by atoms with E-state index >= 15 is 0 Å². The Morgan fingerprint density at radius 2 is 1.62 bits per heavy atom. The van der Waals surface area contributed by atoms with Crippen LogP contribution in [-0.4, -0.2) is 80.3 Å². The number of hydrogen-bond donors (Lipinski definition) is 6. The molecule has 0 unspecified atom stereocenters. The Morgan fingerprint density at radius 3 is 2.24 bits per heavy atom. The van der Waals surface area contributed by atoms with E-state index in [1.165, 1.54) is 34.0 Å². The van der Waals surface area contributed by atoms with E-state index < -0.39 is 88.6 Å². The zero-order chi connectivity index (χ0) is 37.4. The first-order valence-electron chi connectivity index (χ1n) is 16.7. The molecule has 2 aromatic carbocycles. The molecule has 6 N–H and O–H groups in total. The van der Waals surface area contributed by atoms with Gasteiger partial charge in [0.1, 0.15) is 23.4 Å². The van der Waals surface area contributed by atoms with Gasteiger partial charge in [0.25, 0.3) is 5.91 Å². The SMILES string of the molecule is CO[C@H]1/C=C/C[C@@]2(C)Oc3c(C)c(O)c4c(O)c(cc(O)c4c3C2=O)NC(=O)/C(C)=C\C=C\[C@H](C)[C@H](O)[C@@H](C)[C@@H](O)[C@@H](C)[C@H](OC(C)=O)[C@@H]1C. The number of anilines is 1. The maximum atomic E-state index is 14.0. The third kappa shape index (κ3) is 7.10. The number of carbonyl (C=O) groups excluding carboxylic acids is 3. The van der Waals surface area contributed by atoms with Gasteiger partial charge in [0.05, 0.1) is 34.9 Å². The van der Waals surface area contributed by atoms with Crippen molar-refractivity contribution in [3.8, 4) is 23.0 Å². The summed E-state index contributed by atoms with van der Waals surface area (Å²) in [6.45, 7) is 12.9. The van der Waals surface area contributed by atoms with Crippen molar-refractivity contribution in [1.29, 1.82) is 0 Å². The van der Waals surface area contributed by atoms with Crippen molar-refractivity contribution in [3.05, 3.63) is 53.1 Å². The van der Waals surface area contributed by atoms with Crippen LogP contribution in [-0.2, 0) is 19.1 Å². The lowest BCUT2D eigenvalue weighted by Gasteiger charge is -2.38. The zero-order valence-electron chi connectivity index (χ0n) is 30.0. The fourth-order valence-corrected chi connectivity index (χ4v) is 6.96. The number of benzene rings is 2. The van der Waals surface area contributed by atoms with Crippen molar-refractivity contribution in [2.75, 3.05) is 12.4 Å². The van der Waals surface area contributed by atoms with Gasteiger partial charge in [0.2, 0.25) is 5.78 Å². The second-order valence-electron chi connectivity index (χ2n) is 13.9. The average Bonchev–Trinajstić information content (AvgIpc) is 3.33. The third-order valence-electron chi connectivity index (χ3n) is 10.2. The molecule has 5 rings (SSSR count). The van der Waals surface area contributed by atoms with Gasteiger partial charge in [0, 0.05) is 66.7 Å². The molecule has 0 fully saturated rings. The first-order valence-corrected chi connectivity index (χ1v) is 16.7. The number of phenols is 3. The van der Waals surface area contributed by atoms with E-state index in [0.717, 1.165) is 6.07 Å². The highest BCUT2D eigenvalue weighted by Gasteiger charge is 2.47. The standard InChI is InChI=1S/C38H49NO11/c1-17-12-10-13-18(2)37(47)39-24-16-25(41)27-28(33(24)45)32(44)22(6)35-29(27)36(46)38(8,50-35)15-11-14-26(48-9)19(3)34(49-23(7)40)21(5)31(43)20(4)30(17)42/h10-14,16-17,19-21,26,30-31,34,41-45H,15H2,1-9H3,(H,39,47)/b12-10+,14-11+,18-13-/t17-,19+,20+,21+,26-,30-,31+,34+,38+/m0/s1. The largest absolute Gasteiger partial charge is 0.507 e. The number of aliphatic hydroxyl groups is 2. The smallest absolute Gasteiger partial charge is 0.302 e. The normalized spacial score (nSPS) is 33.4. The minimum Gasteiger partial charge on any atom is -0.507 e. The number of ether oxygens (including phenoxy) is 3. The molecule has 12 heteroatoms. The van der Waals surface area contributed by atoms with Crippen LogP contribution in [0.3, 0.4) is 0 Å². The van der Waals surface area contributed by atoms with Gasteiger partial charge in [-0.15, -0.1) is 0 Å². The van der Waals surface area contributed by atoms with E-state index in [2.05, 4.69) is 5.32 Å². The lowest BCUT2D eigenvalue weighted by Crippen LogP contribution is -2.46. The summed E-state index contributed by atoms with van der Waals surface area (Å²) in [5.74, 6) is -5.29. The average molecular weight is 696 g/mol. The van der Waals surface area contributed by atoms with Gasteiger partial charge in [0.15, 0.2) is 11.4 Å². The second kappa shape index (κ2) is 14.8. The van der Waals surface area contributed by atoms with Gasteiger partial charge >= 0.3 is 5.97 Å². The van der Waals surface area contributed by atoms with Gasteiger partial charge in [-0.05, 0) is 20.8 Å². The first kappa shape index (κ1) is 38.4. The molecule has 272 valence electrons. The first-order chi connectivity index (χ1) is 23.4. The monoisotopic (exact) mass is 695 g/mol. The van der Waals surface area contributed by atoms with Crippen molar-refractivity contribution in [3.63, 3.8) is 0 Å². The highest BCUT2D eigenvalue weighted by Crippen LogP contribution is 2.54. The minimum absolute atomic E-state index is 0.0210. The Morgan fingerprint density at radius 1 is 0.960 bits per heavy atom. The molecule has 0 aliphatic carbocycles. The molecular formula is C38H49NO11. The summed E-state index contributed by atoms with van der Waals surface area (Å²) in [5, 5.41) is 58.5. The maximum Gasteiger partial charge on any atom is 0.302 e. The summed E-state index contributed by atoms with van der Waals surface area (Å²) < 4.78 is 17.7. The van der Waals surface area contributed by atoms with Gasteiger partial charge in [-0.3, -0.25) is 14.4 Å². The quantitative estimate of drug-likeness (QED) is 0.105. The van der Waals surface area contributed by atoms with Crippen LogP contribution >= 0.6 is 0 Å². The summed E-state index contributed by atoms with van der Waals surface area (Å²) in [6, 6.07) is 1.10. The lowest BCUT2D eigenvalue weighted by molar-refractivity contribution is -0.160. The Kier molecular flexibility index (Phi) is 11.4. The molecule has 5 bridgehead atoms. The molecule has 1 amide bonds. The molecule has 0 spiro atoms. The number of rotatable bonds is 2. The van der Waals surface area contributed by atoms with Crippen LogP contribution in [0.15, 0.2) is 42.0 Å². The molecular weight excluding hydrogens is 646 g/mol. The van der Waals surface area contributed by atoms with Crippen LogP contribution in [0, 0.1) is 30.6 Å². The number of fused-ring (bicyclic) bond motifs is 14. The summed E-state index contributed by atoms with van der Waals surface area (Å²) >= 11 is 0. The minimum atomic E-state index is -1.48. The van der Waals surface area contributed by atoms with Crippen molar-refractivity contribution < 1.29 is 54.1 Å². The molecule has 12 nitrogen and oxygen atoms in total. The number of esters is 1. The van der Waals surface area contributed by atoms with Gasteiger partial charge in [-0.1, -0.05) is 58.1 Å². The van der Waals surface area contributed by atoms with Crippen LogP contribution in [0.1, 0.15) is 70.8 Å². The van der Waals surface area contributed by atoms with Crippen LogP contribution < -0.4 is 10.1 Å². The Balaban J connectivity index is 1.87. The van der Waals surface area contributed by atoms with Crippen LogP contribution in [0.4, 0.5) is 5.69 Å². The van der Waals surface area contributed by atoms with Crippen molar-refractivity contribution in [2.45, 2.75) is 91.8 Å². The van der Waals surface area contributed by atoms with Crippen molar-refractivity contribution in [2.24, 2.45) is 23.7 Å². The molecule has 3 aliphatic rings. The fourth-order valence-electron chi connectivity index (χ4n) is 6.96. The number of allylic oxidation sites excluding steroid dienone is 2. The summed E-state index contributed by atoms with van der Waals surface area (Å²) in [7, 11) is 1.49. The van der Waals surface area contributed by atoms with Crippen LogP contribution in [0.25, 0.3) is 10.8 Å². The number of Topliss-reactive ketones (excluding diaryl/α,β-unsaturated/α-hetero) is 1. The lowest BCUT2D eigenvalue weighted by atomic mass is 9.78. The van der Waals surface area contributed by atoms with E-state index in [1.54, 1.807) is 52.0 Å². The van der Waals surface area contributed by atoms with Crippen molar-refractivity contribution in [1.82, 2.24) is 0 Å². The third-order valence-corrected chi connectivity index (χ3v) is 10.2. The molecule has 3 heterocycles. The predicted octanol–water partition coefficient (Wildman–Crippen LogP) is 5.21. The number of carbonyl (C=O) groups is 3. The summed E-state index contributed by atoms with van der Waals surface area (Å²) in [6.07, 6.45) is 4.65. The van der Waals surface area contributed by atoms with Gasteiger partial charge in [-0.25, -0.2) is 0 Å². The molecule has 0 aromatic heterocycles. The molecule has 0 saturated carbocycles. The molecule has 3 aliphatic heterocycles. The summed E-state index contributed by atoms with van der Waals surface area (Å²) in [5.41, 5.74) is -1.32. The van der Waals surface area contributed by atoms with E-state index in [0.29, 0.717) is 0 Å². The van der Waals surface area contributed by atoms with Crippen LogP contribution in [0.2, 0.25) is 0 Å².